The van der Waals surface area contributed by atoms with E-state index in [-0.39, 0.29) is 4.75 Å². The second-order valence-corrected chi connectivity index (χ2v) is 5.97. The van der Waals surface area contributed by atoms with E-state index in [9.17, 15) is 0 Å². The van der Waals surface area contributed by atoms with Crippen molar-refractivity contribution < 1.29 is 4.42 Å². The van der Waals surface area contributed by atoms with E-state index in [1.807, 2.05) is 23.9 Å². The lowest BCUT2D eigenvalue weighted by Crippen LogP contribution is -2.32. The van der Waals surface area contributed by atoms with Gasteiger partial charge in [-0.1, -0.05) is 13.8 Å². The number of nitrogens with one attached hydrogen (secondary N) is 1. The third-order valence-corrected chi connectivity index (χ3v) is 5.28. The Hall–Kier alpha value is -1.36. The van der Waals surface area contributed by atoms with Crippen LogP contribution in [-0.4, -0.2) is 22.5 Å². The molecule has 0 spiro atoms. The van der Waals surface area contributed by atoms with Crippen molar-refractivity contribution in [2.45, 2.75) is 31.4 Å². The van der Waals surface area contributed by atoms with Gasteiger partial charge in [0.1, 0.15) is 5.52 Å². The molecule has 0 atom stereocenters. The summed E-state index contributed by atoms with van der Waals surface area (Å²) in [6, 6.07) is 6.08. The number of aromatic nitrogens is 1. The molecule has 1 heterocycles. The molecule has 2 aromatic rings. The molecule has 0 aliphatic heterocycles. The minimum Gasteiger partial charge on any atom is -0.423 e. The third kappa shape index (κ3) is 2.97. The van der Waals surface area contributed by atoms with Crippen LogP contribution in [-0.2, 0) is 0 Å². The Labute approximate surface area is 118 Å². The van der Waals surface area contributed by atoms with Crippen LogP contribution in [0.2, 0.25) is 0 Å². The Kier molecular flexibility index (Phi) is 4.24. The van der Waals surface area contributed by atoms with Crippen LogP contribution in [0.5, 0.6) is 0 Å². The van der Waals surface area contributed by atoms with Crippen LogP contribution < -0.4 is 11.1 Å². The van der Waals surface area contributed by atoms with Crippen molar-refractivity contribution in [2.24, 2.45) is 0 Å². The first kappa shape index (κ1) is 14.1. The van der Waals surface area contributed by atoms with E-state index >= 15 is 0 Å². The van der Waals surface area contributed by atoms with Crippen LogP contribution in [0.3, 0.4) is 0 Å². The molecule has 0 aliphatic rings. The topological polar surface area (TPSA) is 64.1 Å². The quantitative estimate of drug-likeness (QED) is 0.789. The summed E-state index contributed by atoms with van der Waals surface area (Å²) in [5.74, 6) is 0. The number of oxazole rings is 1. The SMILES string of the molecule is CCC(CC)(CNc1nc2ccc(N)cc2o1)SC. The summed E-state index contributed by atoms with van der Waals surface area (Å²) >= 11 is 1.89. The van der Waals surface area contributed by atoms with Gasteiger partial charge in [0.25, 0.3) is 6.01 Å². The van der Waals surface area contributed by atoms with Crippen molar-refractivity contribution in [1.29, 1.82) is 0 Å². The summed E-state index contributed by atoms with van der Waals surface area (Å²) in [4.78, 5) is 4.42. The second kappa shape index (κ2) is 5.74. The van der Waals surface area contributed by atoms with Crippen molar-refractivity contribution in [3.05, 3.63) is 18.2 Å². The Morgan fingerprint density at radius 3 is 2.74 bits per heavy atom. The molecule has 1 aromatic carbocycles. The molecule has 0 radical (unpaired) electrons. The van der Waals surface area contributed by atoms with Gasteiger partial charge in [-0.15, -0.1) is 0 Å². The number of anilines is 2. The molecule has 2 rings (SSSR count). The minimum atomic E-state index is 0.236. The molecule has 0 amide bonds. The van der Waals surface area contributed by atoms with Crippen LogP contribution in [0.15, 0.2) is 22.6 Å². The van der Waals surface area contributed by atoms with Gasteiger partial charge in [0.05, 0.1) is 0 Å². The summed E-state index contributed by atoms with van der Waals surface area (Å²) in [5, 5.41) is 3.31. The number of nitrogen functional groups attached to an aromatic ring is 1. The molecular formula is C14H21N3OS. The summed E-state index contributed by atoms with van der Waals surface area (Å²) < 4.78 is 5.90. The molecule has 0 unspecified atom stereocenters. The number of thioether (sulfide) groups is 1. The van der Waals surface area contributed by atoms with Gasteiger partial charge in [-0.2, -0.15) is 16.7 Å². The normalized spacial score (nSPS) is 11.9. The summed E-state index contributed by atoms with van der Waals surface area (Å²) in [5.41, 5.74) is 7.98. The Morgan fingerprint density at radius 2 is 2.11 bits per heavy atom. The first-order chi connectivity index (χ1) is 9.12. The predicted octanol–water partition coefficient (Wildman–Crippen LogP) is 3.74. The molecule has 0 bridgehead atoms. The maximum atomic E-state index is 5.73. The lowest BCUT2D eigenvalue weighted by molar-refractivity contribution is 0.553. The highest BCUT2D eigenvalue weighted by Gasteiger charge is 2.25. The van der Waals surface area contributed by atoms with E-state index in [1.165, 1.54) is 0 Å². The van der Waals surface area contributed by atoms with Crippen molar-refractivity contribution >= 4 is 34.6 Å². The third-order valence-electron chi connectivity index (χ3n) is 3.70. The standard InChI is InChI=1S/C14H21N3OS/c1-4-14(5-2,19-3)9-16-13-17-11-7-6-10(15)8-12(11)18-13/h6-8H,4-5,9,15H2,1-3H3,(H,16,17). The summed E-state index contributed by atoms with van der Waals surface area (Å²) in [6.07, 6.45) is 4.39. The first-order valence-electron chi connectivity index (χ1n) is 6.57. The molecule has 0 saturated carbocycles. The van der Waals surface area contributed by atoms with Crippen molar-refractivity contribution in [2.75, 3.05) is 23.9 Å². The van der Waals surface area contributed by atoms with Crippen molar-refractivity contribution in [3.8, 4) is 0 Å². The van der Waals surface area contributed by atoms with Gasteiger partial charge in [0, 0.05) is 23.0 Å². The monoisotopic (exact) mass is 279 g/mol. The number of nitrogens with two attached hydrogens (primary N) is 1. The van der Waals surface area contributed by atoms with Gasteiger partial charge in [0.2, 0.25) is 0 Å². The van der Waals surface area contributed by atoms with Crippen LogP contribution in [0.4, 0.5) is 11.7 Å². The maximum absolute atomic E-state index is 5.73. The highest BCUT2D eigenvalue weighted by molar-refractivity contribution is 8.00. The lowest BCUT2D eigenvalue weighted by Gasteiger charge is -2.29. The van der Waals surface area contributed by atoms with Crippen LogP contribution in [0, 0.1) is 0 Å². The number of hydrogen-bond donors (Lipinski definition) is 2. The van der Waals surface area contributed by atoms with Crippen molar-refractivity contribution in [1.82, 2.24) is 4.98 Å². The largest absolute Gasteiger partial charge is 0.423 e. The average Bonchev–Trinajstić information content (AvgIpc) is 2.83. The molecule has 3 N–H and O–H groups in total. The summed E-state index contributed by atoms with van der Waals surface area (Å²) in [7, 11) is 0. The van der Waals surface area contributed by atoms with Crippen molar-refractivity contribution in [3.63, 3.8) is 0 Å². The predicted molar refractivity (Wildman–Crippen MR) is 83.7 cm³/mol. The molecule has 0 aliphatic carbocycles. The fraction of sp³-hybridized carbons (Fsp3) is 0.500. The average molecular weight is 279 g/mol. The van der Waals surface area contributed by atoms with E-state index in [4.69, 9.17) is 10.2 Å². The van der Waals surface area contributed by atoms with Gasteiger partial charge < -0.3 is 15.5 Å². The lowest BCUT2D eigenvalue weighted by atomic mass is 10.0. The van der Waals surface area contributed by atoms with Crippen LogP contribution in [0.1, 0.15) is 26.7 Å². The van der Waals surface area contributed by atoms with Crippen LogP contribution >= 0.6 is 11.8 Å². The Morgan fingerprint density at radius 1 is 1.37 bits per heavy atom. The van der Waals surface area contributed by atoms with Gasteiger partial charge in [-0.3, -0.25) is 0 Å². The maximum Gasteiger partial charge on any atom is 0.295 e. The van der Waals surface area contributed by atoms with Gasteiger partial charge in [-0.05, 0) is 31.2 Å². The number of benzene rings is 1. The number of rotatable bonds is 6. The van der Waals surface area contributed by atoms with Crippen LogP contribution in [0.25, 0.3) is 11.1 Å². The molecule has 19 heavy (non-hydrogen) atoms. The summed E-state index contributed by atoms with van der Waals surface area (Å²) in [6.45, 7) is 5.28. The number of nitrogens with zero attached hydrogens (tertiary/aromatic N) is 1. The molecule has 0 fully saturated rings. The molecular weight excluding hydrogens is 258 g/mol. The van der Waals surface area contributed by atoms with E-state index in [1.54, 1.807) is 6.07 Å². The first-order valence-corrected chi connectivity index (χ1v) is 7.80. The Bertz CT molecular complexity index is 540. The van der Waals surface area contributed by atoms with E-state index in [0.29, 0.717) is 11.7 Å². The number of hydrogen-bond acceptors (Lipinski definition) is 5. The zero-order chi connectivity index (χ0) is 13.9. The zero-order valence-electron chi connectivity index (χ0n) is 11.7. The van der Waals surface area contributed by atoms with E-state index < -0.39 is 0 Å². The second-order valence-electron chi connectivity index (χ2n) is 4.69. The highest BCUT2D eigenvalue weighted by atomic mass is 32.2. The molecule has 5 heteroatoms. The Balaban J connectivity index is 2.13. The fourth-order valence-corrected chi connectivity index (χ4v) is 2.91. The minimum absolute atomic E-state index is 0.236. The molecule has 104 valence electrons. The number of fused-ring (bicyclic) bond motifs is 1. The molecule has 0 saturated heterocycles. The van der Waals surface area contributed by atoms with E-state index in [0.717, 1.165) is 30.5 Å². The zero-order valence-corrected chi connectivity index (χ0v) is 12.5. The van der Waals surface area contributed by atoms with E-state index in [2.05, 4.69) is 30.4 Å². The highest BCUT2D eigenvalue weighted by Crippen LogP contribution is 2.31. The van der Waals surface area contributed by atoms with Gasteiger partial charge >= 0.3 is 0 Å². The fourth-order valence-electron chi connectivity index (χ4n) is 2.11. The molecule has 4 nitrogen and oxygen atoms in total. The van der Waals surface area contributed by atoms with Gasteiger partial charge in [-0.25, -0.2) is 0 Å². The smallest absolute Gasteiger partial charge is 0.295 e. The molecule has 1 aromatic heterocycles. The van der Waals surface area contributed by atoms with Gasteiger partial charge in [0.15, 0.2) is 5.58 Å².